The fourth-order valence-corrected chi connectivity index (χ4v) is 3.32. The molecule has 0 unspecified atom stereocenters. The summed E-state index contributed by atoms with van der Waals surface area (Å²) in [6.45, 7) is 7.55. The van der Waals surface area contributed by atoms with Crippen LogP contribution in [-0.4, -0.2) is 52.5 Å². The van der Waals surface area contributed by atoms with E-state index in [1.165, 1.54) is 9.58 Å². The maximum Gasteiger partial charge on any atom is 0.410 e. The number of para-hydroxylation sites is 1. The van der Waals surface area contributed by atoms with Gasteiger partial charge in [-0.15, -0.1) is 0 Å². The first-order chi connectivity index (χ1) is 17.1. The molecule has 0 bridgehead atoms. The zero-order chi connectivity index (χ0) is 26.3. The Hall–Kier alpha value is -4.32. The molecule has 1 aromatic heterocycles. The third-order valence-corrected chi connectivity index (χ3v) is 4.99. The van der Waals surface area contributed by atoms with Crippen LogP contribution in [0.3, 0.4) is 0 Å². The highest BCUT2D eigenvalue weighted by atomic mass is 16.6. The van der Waals surface area contributed by atoms with E-state index in [1.807, 2.05) is 30.3 Å². The lowest BCUT2D eigenvalue weighted by molar-refractivity contribution is 0.0292. The average molecular weight is 491 g/mol. The van der Waals surface area contributed by atoms with Gasteiger partial charge in [-0.05, 0) is 64.1 Å². The maximum atomic E-state index is 12.8. The third kappa shape index (κ3) is 6.63. The third-order valence-electron chi connectivity index (χ3n) is 4.99. The summed E-state index contributed by atoms with van der Waals surface area (Å²) in [6.07, 6.45) is -0.498. The second-order valence-corrected chi connectivity index (χ2v) is 8.97. The van der Waals surface area contributed by atoms with Crippen LogP contribution in [0.2, 0.25) is 0 Å². The number of benzene rings is 2. The van der Waals surface area contributed by atoms with Gasteiger partial charge in [0.2, 0.25) is 0 Å². The van der Waals surface area contributed by atoms with Crippen molar-refractivity contribution >= 4 is 12.1 Å². The smallest absolute Gasteiger partial charge is 0.410 e. The largest absolute Gasteiger partial charge is 0.461 e. The minimum atomic E-state index is -0.656. The maximum absolute atomic E-state index is 12.8. The molecule has 9 heteroatoms. The van der Waals surface area contributed by atoms with Crippen LogP contribution in [0.15, 0.2) is 54.6 Å². The highest BCUT2D eigenvalue weighted by Gasteiger charge is 2.27. The fourth-order valence-electron chi connectivity index (χ4n) is 3.32. The van der Waals surface area contributed by atoms with E-state index >= 15 is 0 Å². The van der Waals surface area contributed by atoms with Gasteiger partial charge in [0.1, 0.15) is 34.4 Å². The van der Waals surface area contributed by atoms with Crippen molar-refractivity contribution in [3.05, 3.63) is 65.9 Å². The molecular formula is C27H30N4O5. The van der Waals surface area contributed by atoms with Crippen molar-refractivity contribution in [1.29, 1.82) is 5.26 Å². The Labute approximate surface area is 210 Å². The van der Waals surface area contributed by atoms with Crippen molar-refractivity contribution < 1.29 is 23.8 Å². The van der Waals surface area contributed by atoms with E-state index in [0.717, 1.165) is 0 Å². The summed E-state index contributed by atoms with van der Waals surface area (Å²) >= 11 is 0. The molecule has 0 N–H and O–H groups in total. The molecule has 1 heterocycles. The zero-order valence-electron chi connectivity index (χ0n) is 21.1. The average Bonchev–Trinajstić information content (AvgIpc) is 3.21. The van der Waals surface area contributed by atoms with Crippen LogP contribution < -0.4 is 4.74 Å². The molecular weight excluding hydrogens is 460 g/mol. The first kappa shape index (κ1) is 26.3. The molecule has 0 radical (unpaired) electrons. The van der Waals surface area contributed by atoms with Crippen molar-refractivity contribution in [3.63, 3.8) is 0 Å². The number of ether oxygens (including phenoxy) is 3. The molecule has 0 saturated heterocycles. The van der Waals surface area contributed by atoms with Gasteiger partial charge in [-0.25, -0.2) is 9.59 Å². The lowest BCUT2D eigenvalue weighted by Crippen LogP contribution is -2.36. The number of carbonyl (C=O) groups excluding carboxylic acids is 2. The number of nitriles is 1. The van der Waals surface area contributed by atoms with E-state index < -0.39 is 17.7 Å². The molecule has 0 spiro atoms. The van der Waals surface area contributed by atoms with Crippen LogP contribution in [0.25, 0.3) is 11.3 Å². The molecule has 9 nitrogen and oxygen atoms in total. The first-order valence-corrected chi connectivity index (χ1v) is 11.6. The van der Waals surface area contributed by atoms with E-state index in [0.29, 0.717) is 22.8 Å². The normalized spacial score (nSPS) is 10.9. The molecule has 0 aliphatic carbocycles. The summed E-state index contributed by atoms with van der Waals surface area (Å²) in [5.41, 5.74) is 0.482. The molecule has 0 saturated carbocycles. The van der Waals surface area contributed by atoms with E-state index in [9.17, 15) is 14.9 Å². The van der Waals surface area contributed by atoms with Gasteiger partial charge in [0, 0.05) is 19.2 Å². The summed E-state index contributed by atoms with van der Waals surface area (Å²) in [6, 6.07) is 18.5. The Morgan fingerprint density at radius 1 is 1.06 bits per heavy atom. The minimum absolute atomic E-state index is 0.0385. The highest BCUT2D eigenvalue weighted by Crippen LogP contribution is 2.29. The van der Waals surface area contributed by atoms with Gasteiger partial charge in [-0.1, -0.05) is 18.2 Å². The summed E-state index contributed by atoms with van der Waals surface area (Å²) in [4.78, 5) is 26.5. The molecule has 36 heavy (non-hydrogen) atoms. The molecule has 3 rings (SSSR count). The Morgan fingerprint density at radius 3 is 2.28 bits per heavy atom. The summed E-state index contributed by atoms with van der Waals surface area (Å²) < 4.78 is 17.8. The molecule has 0 atom stereocenters. The van der Waals surface area contributed by atoms with E-state index in [2.05, 4.69) is 11.2 Å². The molecule has 1 amide bonds. The monoisotopic (exact) mass is 490 g/mol. The number of carbonyl (C=O) groups is 2. The predicted octanol–water partition coefficient (Wildman–Crippen LogP) is 5.26. The molecule has 0 fully saturated rings. The molecule has 3 aromatic rings. The number of amides is 1. The number of nitrogens with zero attached hydrogens (tertiary/aromatic N) is 4. The highest BCUT2D eigenvalue weighted by molar-refractivity contribution is 5.93. The molecule has 2 aromatic carbocycles. The minimum Gasteiger partial charge on any atom is -0.461 e. The zero-order valence-corrected chi connectivity index (χ0v) is 21.1. The van der Waals surface area contributed by atoms with Crippen molar-refractivity contribution in [2.24, 2.45) is 0 Å². The van der Waals surface area contributed by atoms with Crippen LogP contribution in [0, 0.1) is 11.3 Å². The number of esters is 1. The van der Waals surface area contributed by atoms with Crippen molar-refractivity contribution in [2.45, 2.75) is 39.8 Å². The van der Waals surface area contributed by atoms with Crippen molar-refractivity contribution in [3.8, 4) is 28.8 Å². The van der Waals surface area contributed by atoms with Gasteiger partial charge in [0.25, 0.3) is 0 Å². The van der Waals surface area contributed by atoms with E-state index in [1.54, 1.807) is 59.0 Å². The molecule has 188 valence electrons. The van der Waals surface area contributed by atoms with Crippen molar-refractivity contribution in [1.82, 2.24) is 14.7 Å². The van der Waals surface area contributed by atoms with Gasteiger partial charge in [0.15, 0.2) is 5.69 Å². The van der Waals surface area contributed by atoms with Crippen molar-refractivity contribution in [2.75, 3.05) is 20.2 Å². The number of aromatic nitrogens is 2. The second kappa shape index (κ2) is 11.4. The lowest BCUT2D eigenvalue weighted by atomic mass is 10.1. The Bertz CT molecular complexity index is 1240. The number of likely N-dealkylation sites (N-methyl/N-ethyl adjacent to an activating group) is 1. The number of hydrogen-bond donors (Lipinski definition) is 0. The van der Waals surface area contributed by atoms with E-state index in [4.69, 9.17) is 14.2 Å². The fraction of sp³-hybridized carbons (Fsp3) is 0.333. The lowest BCUT2D eigenvalue weighted by Gasteiger charge is -2.24. The standard InChI is InChI=1S/C27H30N4O5/c1-6-34-25(32)24-22(18-28)23(29-31(24)17-16-30(5)26(33)36-27(2,3)4)19-12-14-21(15-13-19)35-20-10-8-7-9-11-20/h7-15H,6,16-17H2,1-5H3. The van der Waals surface area contributed by atoms with Gasteiger partial charge in [0.05, 0.1) is 13.2 Å². The number of hydrogen-bond acceptors (Lipinski definition) is 7. The summed E-state index contributed by atoms with van der Waals surface area (Å²) in [5, 5.41) is 14.5. The predicted molar refractivity (Wildman–Crippen MR) is 134 cm³/mol. The van der Waals surface area contributed by atoms with Gasteiger partial charge in [-0.2, -0.15) is 10.4 Å². The Kier molecular flexibility index (Phi) is 8.33. The molecule has 0 aliphatic heterocycles. The van der Waals surface area contributed by atoms with Crippen LogP contribution in [0.4, 0.5) is 4.79 Å². The van der Waals surface area contributed by atoms with Crippen LogP contribution in [-0.2, 0) is 16.0 Å². The second-order valence-electron chi connectivity index (χ2n) is 8.97. The Morgan fingerprint density at radius 2 is 1.69 bits per heavy atom. The topological polar surface area (TPSA) is 107 Å². The van der Waals surface area contributed by atoms with Crippen LogP contribution in [0.1, 0.15) is 43.7 Å². The van der Waals surface area contributed by atoms with Gasteiger partial charge >= 0.3 is 12.1 Å². The summed E-state index contributed by atoms with van der Waals surface area (Å²) in [7, 11) is 1.60. The van der Waals surface area contributed by atoms with E-state index in [-0.39, 0.29) is 31.0 Å². The molecule has 0 aliphatic rings. The summed E-state index contributed by atoms with van der Waals surface area (Å²) in [5.74, 6) is 0.662. The number of rotatable bonds is 8. The quantitative estimate of drug-likeness (QED) is 0.397. The van der Waals surface area contributed by atoms with Crippen LogP contribution >= 0.6 is 0 Å². The Balaban J connectivity index is 1.88. The SMILES string of the molecule is CCOC(=O)c1c(C#N)c(-c2ccc(Oc3ccccc3)cc2)nn1CCN(C)C(=O)OC(C)(C)C. The first-order valence-electron chi connectivity index (χ1n) is 11.6. The van der Waals surface area contributed by atoms with Gasteiger partial charge < -0.3 is 19.1 Å². The van der Waals surface area contributed by atoms with Crippen LogP contribution in [0.5, 0.6) is 11.5 Å². The van der Waals surface area contributed by atoms with Gasteiger partial charge in [-0.3, -0.25) is 4.68 Å².